The summed E-state index contributed by atoms with van der Waals surface area (Å²) in [6.07, 6.45) is -1.62. The second-order valence-electron chi connectivity index (χ2n) is 2.47. The zero-order valence-corrected chi connectivity index (χ0v) is 8.46. The van der Waals surface area contributed by atoms with E-state index in [-0.39, 0.29) is 22.2 Å². The molecule has 1 aromatic rings. The number of nitrogens with zero attached hydrogens (tertiary/aromatic N) is 1. The molecule has 0 saturated heterocycles. The van der Waals surface area contributed by atoms with Gasteiger partial charge in [-0.25, -0.2) is 18.6 Å². The summed E-state index contributed by atoms with van der Waals surface area (Å²) in [7, 11) is 0. The maximum absolute atomic E-state index is 12.4. The Morgan fingerprint density at radius 3 is 2.71 bits per heavy atom. The van der Waals surface area contributed by atoms with Crippen LogP contribution in [-0.2, 0) is 5.33 Å². The highest BCUT2D eigenvalue weighted by Gasteiger charge is 2.19. The zero-order chi connectivity index (χ0) is 10.7. The summed E-state index contributed by atoms with van der Waals surface area (Å²) in [4.78, 5) is 14.2. The molecule has 0 unspecified atom stereocenters. The highest BCUT2D eigenvalue weighted by Crippen LogP contribution is 2.26. The Morgan fingerprint density at radius 2 is 2.29 bits per heavy atom. The van der Waals surface area contributed by atoms with Crippen LogP contribution in [0.5, 0.6) is 0 Å². The normalized spacial score (nSPS) is 10.6. The second kappa shape index (κ2) is 4.45. The molecule has 1 heterocycles. The molecule has 1 aromatic heterocycles. The van der Waals surface area contributed by atoms with Crippen molar-refractivity contribution >= 4 is 21.9 Å². The third-order valence-electron chi connectivity index (χ3n) is 1.66. The number of hydrogen-bond donors (Lipinski definition) is 1. The van der Waals surface area contributed by atoms with E-state index in [0.29, 0.717) is 0 Å². The Labute approximate surface area is 86.9 Å². The predicted molar refractivity (Wildman–Crippen MR) is 48.8 cm³/mol. The summed E-state index contributed by atoms with van der Waals surface area (Å²) in [6, 6.07) is 1.12. The van der Waals surface area contributed by atoms with Gasteiger partial charge in [-0.2, -0.15) is 0 Å². The first-order valence-corrected chi connectivity index (χ1v) is 4.75. The van der Waals surface area contributed by atoms with Crippen LogP contribution in [0.4, 0.5) is 8.78 Å². The van der Waals surface area contributed by atoms with Gasteiger partial charge in [-0.05, 0) is 6.07 Å². The van der Waals surface area contributed by atoms with Gasteiger partial charge in [-0.3, -0.25) is 0 Å². The van der Waals surface area contributed by atoms with Crippen LogP contribution in [-0.4, -0.2) is 16.1 Å². The van der Waals surface area contributed by atoms with Gasteiger partial charge in [-0.15, -0.1) is 0 Å². The van der Waals surface area contributed by atoms with E-state index in [0.717, 1.165) is 12.3 Å². The Kier molecular flexibility index (Phi) is 3.51. The lowest BCUT2D eigenvalue weighted by atomic mass is 10.1. The molecular weight excluding hydrogens is 260 g/mol. The molecule has 0 aliphatic rings. The molecule has 6 heteroatoms. The fraction of sp³-hybridized carbons (Fsp3) is 0.250. The van der Waals surface area contributed by atoms with E-state index in [4.69, 9.17) is 5.11 Å². The number of halogens is 3. The van der Waals surface area contributed by atoms with Gasteiger partial charge in [0.2, 0.25) is 0 Å². The molecule has 0 bridgehead atoms. The minimum absolute atomic E-state index is 0.0231. The van der Waals surface area contributed by atoms with Crippen molar-refractivity contribution < 1.29 is 18.7 Å². The lowest BCUT2D eigenvalue weighted by Gasteiger charge is -2.07. The van der Waals surface area contributed by atoms with E-state index < -0.39 is 12.4 Å². The zero-order valence-electron chi connectivity index (χ0n) is 6.88. The molecule has 0 amide bonds. The average Bonchev–Trinajstić information content (AvgIpc) is 2.16. The molecule has 76 valence electrons. The highest BCUT2D eigenvalue weighted by molar-refractivity contribution is 9.08. The number of carbonyl (C=O) groups is 1. The SMILES string of the molecule is O=C(O)c1nccc(C(F)F)c1CBr. The van der Waals surface area contributed by atoms with E-state index in [1.807, 2.05) is 0 Å². The Bertz CT molecular complexity index is 357. The molecule has 0 spiro atoms. The molecule has 0 radical (unpaired) electrons. The van der Waals surface area contributed by atoms with Crippen molar-refractivity contribution in [2.24, 2.45) is 0 Å². The summed E-state index contributed by atoms with van der Waals surface area (Å²) in [5.74, 6) is -1.30. The van der Waals surface area contributed by atoms with Crippen LogP contribution in [0.3, 0.4) is 0 Å². The molecular formula is C8H6BrF2NO2. The van der Waals surface area contributed by atoms with Gasteiger partial charge in [0, 0.05) is 22.7 Å². The van der Waals surface area contributed by atoms with Crippen molar-refractivity contribution in [2.75, 3.05) is 0 Å². The third kappa shape index (κ3) is 2.06. The monoisotopic (exact) mass is 265 g/mol. The number of pyridine rings is 1. The molecule has 0 saturated carbocycles. The quantitative estimate of drug-likeness (QED) is 0.855. The van der Waals surface area contributed by atoms with Gasteiger partial charge in [0.25, 0.3) is 6.43 Å². The van der Waals surface area contributed by atoms with Crippen molar-refractivity contribution in [3.63, 3.8) is 0 Å². The van der Waals surface area contributed by atoms with Gasteiger partial charge in [-0.1, -0.05) is 15.9 Å². The number of rotatable bonds is 3. The molecule has 0 fully saturated rings. The number of aromatic nitrogens is 1. The lowest BCUT2D eigenvalue weighted by Crippen LogP contribution is -2.07. The Hall–Kier alpha value is -1.04. The van der Waals surface area contributed by atoms with Crippen LogP contribution >= 0.6 is 15.9 Å². The van der Waals surface area contributed by atoms with E-state index in [2.05, 4.69) is 20.9 Å². The first kappa shape index (κ1) is 11.0. The summed E-state index contributed by atoms with van der Waals surface area (Å²) < 4.78 is 24.8. The molecule has 1 rings (SSSR count). The molecule has 14 heavy (non-hydrogen) atoms. The Balaban J connectivity index is 3.32. The van der Waals surface area contributed by atoms with Crippen LogP contribution in [0.15, 0.2) is 12.3 Å². The minimum atomic E-state index is -2.69. The topological polar surface area (TPSA) is 50.2 Å². The van der Waals surface area contributed by atoms with Crippen molar-refractivity contribution in [3.8, 4) is 0 Å². The van der Waals surface area contributed by atoms with Crippen LogP contribution in [0.1, 0.15) is 28.0 Å². The van der Waals surface area contributed by atoms with E-state index in [1.165, 1.54) is 0 Å². The minimum Gasteiger partial charge on any atom is -0.477 e. The van der Waals surface area contributed by atoms with Crippen LogP contribution in [0, 0.1) is 0 Å². The molecule has 0 atom stereocenters. The Morgan fingerprint density at radius 1 is 1.64 bits per heavy atom. The summed E-state index contributed by atoms with van der Waals surface area (Å²) in [6.45, 7) is 0. The highest BCUT2D eigenvalue weighted by atomic mass is 79.9. The van der Waals surface area contributed by atoms with Crippen molar-refractivity contribution in [1.82, 2.24) is 4.98 Å². The summed E-state index contributed by atoms with van der Waals surface area (Å²) >= 11 is 2.96. The van der Waals surface area contributed by atoms with E-state index >= 15 is 0 Å². The van der Waals surface area contributed by atoms with Gasteiger partial charge in [0.1, 0.15) is 0 Å². The standard InChI is InChI=1S/C8H6BrF2NO2/c9-3-5-4(7(10)11)1-2-12-6(5)8(13)14/h1-2,7H,3H2,(H,13,14). The summed E-state index contributed by atoms with van der Waals surface area (Å²) in [5, 5.41) is 8.72. The van der Waals surface area contributed by atoms with Crippen molar-refractivity contribution in [1.29, 1.82) is 0 Å². The first-order valence-electron chi connectivity index (χ1n) is 3.63. The second-order valence-corrected chi connectivity index (χ2v) is 3.03. The smallest absolute Gasteiger partial charge is 0.354 e. The number of hydrogen-bond acceptors (Lipinski definition) is 2. The first-order chi connectivity index (χ1) is 6.57. The largest absolute Gasteiger partial charge is 0.477 e. The van der Waals surface area contributed by atoms with Gasteiger partial charge in [0.05, 0.1) is 0 Å². The van der Waals surface area contributed by atoms with Crippen molar-refractivity contribution in [2.45, 2.75) is 11.8 Å². The average molecular weight is 266 g/mol. The lowest BCUT2D eigenvalue weighted by molar-refractivity contribution is 0.0689. The van der Waals surface area contributed by atoms with Gasteiger partial charge in [0.15, 0.2) is 5.69 Å². The van der Waals surface area contributed by atoms with Crippen LogP contribution in [0.2, 0.25) is 0 Å². The van der Waals surface area contributed by atoms with E-state index in [1.54, 1.807) is 0 Å². The molecule has 0 aliphatic carbocycles. The molecule has 0 aliphatic heterocycles. The number of aromatic carboxylic acids is 1. The maximum atomic E-state index is 12.4. The molecule has 0 aromatic carbocycles. The summed E-state index contributed by atoms with van der Waals surface area (Å²) in [5.41, 5.74) is -0.607. The molecule has 1 N–H and O–H groups in total. The van der Waals surface area contributed by atoms with Crippen LogP contribution < -0.4 is 0 Å². The van der Waals surface area contributed by atoms with Gasteiger partial charge < -0.3 is 5.11 Å². The number of carboxylic acid groups (broad SMARTS) is 1. The predicted octanol–water partition coefficient (Wildman–Crippen LogP) is 2.61. The van der Waals surface area contributed by atoms with E-state index in [9.17, 15) is 13.6 Å². The van der Waals surface area contributed by atoms with Crippen molar-refractivity contribution in [3.05, 3.63) is 29.1 Å². The third-order valence-corrected chi connectivity index (χ3v) is 2.22. The number of carboxylic acids is 1. The fourth-order valence-corrected chi connectivity index (χ4v) is 1.63. The van der Waals surface area contributed by atoms with Crippen LogP contribution in [0.25, 0.3) is 0 Å². The number of alkyl halides is 3. The fourth-order valence-electron chi connectivity index (χ4n) is 1.04. The molecule has 3 nitrogen and oxygen atoms in total. The maximum Gasteiger partial charge on any atom is 0.354 e. The van der Waals surface area contributed by atoms with Gasteiger partial charge >= 0.3 is 5.97 Å².